The van der Waals surface area contributed by atoms with E-state index in [1.54, 1.807) is 24.3 Å². The number of hydrogen-bond donors (Lipinski definition) is 1. The van der Waals surface area contributed by atoms with Gasteiger partial charge in [0.15, 0.2) is 15.0 Å². The smallest absolute Gasteiger partial charge is 0.325 e. The summed E-state index contributed by atoms with van der Waals surface area (Å²) >= 11 is 10.6. The number of carbonyl (C=O) groups is 1. The highest BCUT2D eigenvalue weighted by molar-refractivity contribution is 9.10. The van der Waals surface area contributed by atoms with Crippen LogP contribution in [0.1, 0.15) is 5.56 Å². The van der Waals surface area contributed by atoms with Gasteiger partial charge in [0.25, 0.3) is 0 Å². The predicted molar refractivity (Wildman–Crippen MR) is 128 cm³/mol. The zero-order valence-corrected chi connectivity index (χ0v) is 20.6. The molecule has 1 fully saturated rings. The number of fused-ring (bicyclic) bond motifs is 1. The van der Waals surface area contributed by atoms with Gasteiger partial charge >= 0.3 is 6.18 Å². The first kappa shape index (κ1) is 24.4. The lowest BCUT2D eigenvalue weighted by atomic mass is 10.1. The Kier molecular flexibility index (Phi) is 6.74. The van der Waals surface area contributed by atoms with Gasteiger partial charge in [-0.25, -0.2) is 8.42 Å². The Labute approximate surface area is 205 Å². The van der Waals surface area contributed by atoms with Gasteiger partial charge in [0, 0.05) is 10.2 Å². The first-order valence-corrected chi connectivity index (χ1v) is 13.5. The number of sulfone groups is 1. The summed E-state index contributed by atoms with van der Waals surface area (Å²) in [7, 11) is -3.40. The van der Waals surface area contributed by atoms with Crippen LogP contribution in [0.3, 0.4) is 0 Å². The second kappa shape index (κ2) is 9.12. The van der Waals surface area contributed by atoms with Crippen molar-refractivity contribution in [3.05, 3.63) is 57.5 Å². The zero-order valence-electron chi connectivity index (χ0n) is 16.6. The summed E-state index contributed by atoms with van der Waals surface area (Å²) in [5.74, 6) is -0.887. The molecule has 2 aliphatic heterocycles. The number of hydrogen-bond acceptors (Lipinski definition) is 6. The van der Waals surface area contributed by atoms with E-state index in [2.05, 4.69) is 26.2 Å². The largest absolute Gasteiger partial charge is 0.416 e. The van der Waals surface area contributed by atoms with Gasteiger partial charge in [-0.05, 0) is 42.5 Å². The highest BCUT2D eigenvalue weighted by Gasteiger charge is 2.48. The van der Waals surface area contributed by atoms with Crippen molar-refractivity contribution in [3.8, 4) is 0 Å². The Balaban J connectivity index is 1.58. The van der Waals surface area contributed by atoms with E-state index in [4.69, 9.17) is 11.6 Å². The summed E-state index contributed by atoms with van der Waals surface area (Å²) < 4.78 is 65.1. The van der Waals surface area contributed by atoms with Crippen LogP contribution in [0.25, 0.3) is 0 Å². The maximum atomic E-state index is 13.3. The number of thioether (sulfide) groups is 1. The quantitative estimate of drug-likeness (QED) is 0.559. The second-order valence-corrected chi connectivity index (χ2v) is 11.9. The van der Waals surface area contributed by atoms with Crippen molar-refractivity contribution >= 4 is 71.6 Å². The van der Waals surface area contributed by atoms with E-state index in [9.17, 15) is 26.4 Å². The maximum Gasteiger partial charge on any atom is 0.416 e. The van der Waals surface area contributed by atoms with E-state index in [0.717, 1.165) is 34.4 Å². The number of benzene rings is 2. The van der Waals surface area contributed by atoms with Gasteiger partial charge in [-0.2, -0.15) is 13.2 Å². The molecule has 1 amide bonds. The molecule has 0 unspecified atom stereocenters. The average Bonchev–Trinajstić information content (AvgIpc) is 3.19. The molecule has 2 aromatic carbocycles. The Bertz CT molecular complexity index is 1220. The van der Waals surface area contributed by atoms with Crippen LogP contribution in [0.5, 0.6) is 0 Å². The van der Waals surface area contributed by atoms with Crippen LogP contribution in [-0.4, -0.2) is 48.8 Å². The molecule has 4 rings (SSSR count). The highest BCUT2D eigenvalue weighted by atomic mass is 79.9. The second-order valence-electron chi connectivity index (χ2n) is 7.50. The number of amides is 1. The van der Waals surface area contributed by atoms with Gasteiger partial charge in [-0.3, -0.25) is 9.79 Å². The number of nitrogens with zero attached hydrogens (tertiary/aromatic N) is 2. The molecule has 1 saturated heterocycles. The van der Waals surface area contributed by atoms with Crippen molar-refractivity contribution < 1.29 is 26.4 Å². The van der Waals surface area contributed by atoms with Crippen molar-refractivity contribution in [2.75, 3.05) is 27.5 Å². The van der Waals surface area contributed by atoms with Crippen molar-refractivity contribution in [1.29, 1.82) is 0 Å². The summed E-state index contributed by atoms with van der Waals surface area (Å²) in [6, 6.07) is 8.50. The van der Waals surface area contributed by atoms with Gasteiger partial charge < -0.3 is 10.2 Å². The summed E-state index contributed by atoms with van der Waals surface area (Å²) in [6.45, 7) is 0. The van der Waals surface area contributed by atoms with Crippen LogP contribution >= 0.6 is 39.3 Å². The van der Waals surface area contributed by atoms with E-state index in [1.807, 2.05) is 0 Å². The van der Waals surface area contributed by atoms with Crippen molar-refractivity contribution in [1.82, 2.24) is 0 Å². The number of amidine groups is 1. The van der Waals surface area contributed by atoms with Crippen molar-refractivity contribution in [2.24, 2.45) is 4.99 Å². The number of anilines is 2. The fourth-order valence-electron chi connectivity index (χ4n) is 3.65. The van der Waals surface area contributed by atoms with E-state index in [1.165, 1.54) is 4.90 Å². The van der Waals surface area contributed by atoms with E-state index in [-0.39, 0.29) is 39.0 Å². The number of rotatable bonds is 4. The summed E-state index contributed by atoms with van der Waals surface area (Å²) in [4.78, 5) is 18.3. The fourth-order valence-corrected chi connectivity index (χ4v) is 6.88. The van der Waals surface area contributed by atoms with Crippen molar-refractivity contribution in [3.63, 3.8) is 0 Å². The monoisotopic (exact) mass is 581 g/mol. The molecule has 0 aliphatic carbocycles. The molecule has 0 bridgehead atoms. The lowest BCUT2D eigenvalue weighted by Gasteiger charge is -2.28. The molecule has 2 aliphatic rings. The number of carbonyl (C=O) groups excluding carboxylic acids is 1. The van der Waals surface area contributed by atoms with Gasteiger partial charge in [0.2, 0.25) is 5.91 Å². The minimum atomic E-state index is -4.60. The first-order chi connectivity index (χ1) is 15.4. The number of nitrogens with one attached hydrogen (secondary N) is 1. The molecule has 2 heterocycles. The molecular formula is C20H16BrClF3N3O3S2. The van der Waals surface area contributed by atoms with Gasteiger partial charge in [0.1, 0.15) is 0 Å². The summed E-state index contributed by atoms with van der Waals surface area (Å²) in [5.41, 5.74) is -0.322. The van der Waals surface area contributed by atoms with E-state index in [0.29, 0.717) is 5.69 Å². The molecule has 0 saturated carbocycles. The van der Waals surface area contributed by atoms with Crippen LogP contribution in [0, 0.1) is 0 Å². The summed E-state index contributed by atoms with van der Waals surface area (Å²) in [6.07, 6.45) is -4.60. The number of alkyl halides is 3. The van der Waals surface area contributed by atoms with Crippen LogP contribution in [0.15, 0.2) is 51.9 Å². The molecule has 0 aromatic heterocycles. The van der Waals surface area contributed by atoms with Crippen LogP contribution < -0.4 is 10.2 Å². The molecule has 2 atom stereocenters. The van der Waals surface area contributed by atoms with E-state index < -0.39 is 33.7 Å². The fraction of sp³-hybridized carbons (Fsp3) is 0.300. The van der Waals surface area contributed by atoms with Crippen LogP contribution in [-0.2, 0) is 20.8 Å². The number of halogens is 5. The third kappa shape index (κ3) is 5.50. The Morgan fingerprint density at radius 2 is 1.91 bits per heavy atom. The minimum absolute atomic E-state index is 0.00987. The number of aliphatic imine (C=N–C) groups is 1. The Hall–Kier alpha value is -1.76. The molecule has 6 nitrogen and oxygen atoms in total. The summed E-state index contributed by atoms with van der Waals surface area (Å²) in [5, 5.41) is 3.01. The molecule has 2 aromatic rings. The lowest BCUT2D eigenvalue weighted by Crippen LogP contribution is -2.39. The predicted octanol–water partition coefficient (Wildman–Crippen LogP) is 4.83. The van der Waals surface area contributed by atoms with E-state index >= 15 is 0 Å². The third-order valence-electron chi connectivity index (χ3n) is 5.10. The standard InChI is InChI=1S/C20H16BrClF3N3O3S2/c21-12-2-4-13(5-3-12)26-18(29)8-32-19-27-15-9-33(30,31)10-17(15)28(19)16-7-11(20(23,24)25)1-6-14(16)22/h1-7,15,17H,8-10H2,(H,26,29)/t15-,17-/m1/s1. The zero-order chi connectivity index (χ0) is 24.0. The third-order valence-corrected chi connectivity index (χ3v) is 8.61. The highest BCUT2D eigenvalue weighted by Crippen LogP contribution is 2.41. The minimum Gasteiger partial charge on any atom is -0.325 e. The molecule has 0 spiro atoms. The molecule has 13 heteroatoms. The molecule has 33 heavy (non-hydrogen) atoms. The first-order valence-electron chi connectivity index (χ1n) is 9.55. The Morgan fingerprint density at radius 3 is 2.58 bits per heavy atom. The molecule has 0 radical (unpaired) electrons. The van der Waals surface area contributed by atoms with Crippen LogP contribution in [0.2, 0.25) is 5.02 Å². The Morgan fingerprint density at radius 1 is 1.21 bits per heavy atom. The average molecular weight is 583 g/mol. The molecule has 1 N–H and O–H groups in total. The topological polar surface area (TPSA) is 78.8 Å². The SMILES string of the molecule is O=C(CSC1=N[C@@H]2CS(=O)(=O)C[C@H]2N1c1cc(C(F)(F)F)ccc1Cl)Nc1ccc(Br)cc1. The normalized spacial score (nSPS) is 21.6. The van der Waals surface area contributed by atoms with Crippen LogP contribution in [0.4, 0.5) is 24.5 Å². The van der Waals surface area contributed by atoms with Crippen molar-refractivity contribution in [2.45, 2.75) is 18.3 Å². The van der Waals surface area contributed by atoms with Gasteiger partial charge in [-0.1, -0.05) is 39.3 Å². The molecule has 176 valence electrons. The maximum absolute atomic E-state index is 13.3. The lowest BCUT2D eigenvalue weighted by molar-refractivity contribution is -0.137. The van der Waals surface area contributed by atoms with Gasteiger partial charge in [-0.15, -0.1) is 0 Å². The molecular weight excluding hydrogens is 567 g/mol. The van der Waals surface area contributed by atoms with Gasteiger partial charge in [0.05, 0.1) is 45.6 Å².